The van der Waals surface area contributed by atoms with Crippen LogP contribution in [0.4, 0.5) is 0 Å². The van der Waals surface area contributed by atoms with Crippen LogP contribution in [0.25, 0.3) is 0 Å². The molecule has 7 heteroatoms. The molecule has 0 aliphatic heterocycles. The highest BCUT2D eigenvalue weighted by Crippen LogP contribution is 2.35. The third-order valence-corrected chi connectivity index (χ3v) is 6.22. The maximum Gasteiger partial charge on any atom is 0.154 e. The minimum absolute atomic E-state index is 0.315. The zero-order chi connectivity index (χ0) is 14.8. The van der Waals surface area contributed by atoms with Crippen molar-refractivity contribution in [3.63, 3.8) is 0 Å². The zero-order valence-corrected chi connectivity index (χ0v) is 14.5. The first-order valence-corrected chi connectivity index (χ1v) is 8.91. The molecule has 0 aliphatic rings. The van der Waals surface area contributed by atoms with Crippen LogP contribution in [-0.4, -0.2) is 35.7 Å². The van der Waals surface area contributed by atoms with Crippen molar-refractivity contribution in [1.29, 1.82) is 0 Å². The first-order valence-electron chi connectivity index (χ1n) is 6.23. The molecule has 0 fully saturated rings. The highest BCUT2D eigenvalue weighted by atomic mass is 79.9. The van der Waals surface area contributed by atoms with Crippen molar-refractivity contribution in [2.75, 3.05) is 12.8 Å². The third kappa shape index (κ3) is 3.38. The van der Waals surface area contributed by atoms with Crippen LogP contribution in [-0.2, 0) is 16.9 Å². The quantitative estimate of drug-likeness (QED) is 0.851. The van der Waals surface area contributed by atoms with Gasteiger partial charge in [0, 0.05) is 13.3 Å². The van der Waals surface area contributed by atoms with E-state index in [1.165, 1.54) is 6.26 Å². The average Bonchev–Trinajstić information content (AvgIpc) is 2.59. The largest absolute Gasteiger partial charge is 0.307 e. The lowest BCUT2D eigenvalue weighted by molar-refractivity contribution is 0.399. The molecule has 1 aromatic heterocycles. The Morgan fingerprint density at radius 3 is 2.47 bits per heavy atom. The second-order valence-electron chi connectivity index (χ2n) is 5.26. The monoisotopic (exact) mass is 351 g/mol. The molecule has 1 rings (SSSR count). The molecule has 0 amide bonds. The van der Waals surface area contributed by atoms with E-state index < -0.39 is 14.6 Å². The Morgan fingerprint density at radius 1 is 1.53 bits per heavy atom. The molecule has 0 aliphatic carbocycles. The van der Waals surface area contributed by atoms with E-state index in [1.807, 2.05) is 7.05 Å². The average molecular weight is 352 g/mol. The number of halogens is 1. The van der Waals surface area contributed by atoms with Crippen molar-refractivity contribution in [3.05, 3.63) is 16.4 Å². The van der Waals surface area contributed by atoms with E-state index in [1.54, 1.807) is 24.7 Å². The fourth-order valence-corrected chi connectivity index (χ4v) is 3.12. The number of aryl methyl sites for hydroxylation is 1. The van der Waals surface area contributed by atoms with E-state index in [9.17, 15) is 8.42 Å². The molecular formula is C12H22BrN3O2S. The molecule has 5 nitrogen and oxygen atoms in total. The number of nitrogens with zero attached hydrogens (tertiary/aromatic N) is 2. The Kier molecular flexibility index (Phi) is 5.20. The molecular weight excluding hydrogens is 330 g/mol. The Hall–Kier alpha value is -0.400. The van der Waals surface area contributed by atoms with E-state index in [0.717, 1.165) is 23.1 Å². The van der Waals surface area contributed by atoms with Crippen molar-refractivity contribution in [2.24, 2.45) is 7.05 Å². The predicted molar refractivity (Wildman–Crippen MR) is 80.9 cm³/mol. The van der Waals surface area contributed by atoms with Gasteiger partial charge in [0.05, 0.1) is 27.2 Å². The van der Waals surface area contributed by atoms with Crippen LogP contribution in [0.15, 0.2) is 10.7 Å². The maximum absolute atomic E-state index is 12.1. The Labute approximate surface area is 123 Å². The summed E-state index contributed by atoms with van der Waals surface area (Å²) in [6.45, 7) is 6.29. The Morgan fingerprint density at radius 2 is 2.11 bits per heavy atom. The van der Waals surface area contributed by atoms with Crippen molar-refractivity contribution < 1.29 is 8.42 Å². The summed E-state index contributed by atoms with van der Waals surface area (Å²) < 4.78 is 25.8. The molecule has 1 unspecified atom stereocenters. The fraction of sp³-hybridized carbons (Fsp3) is 0.750. The van der Waals surface area contributed by atoms with Crippen LogP contribution in [0.2, 0.25) is 0 Å². The highest BCUT2D eigenvalue weighted by molar-refractivity contribution is 9.10. The van der Waals surface area contributed by atoms with E-state index >= 15 is 0 Å². The molecule has 0 radical (unpaired) electrons. The van der Waals surface area contributed by atoms with Gasteiger partial charge in [-0.15, -0.1) is 0 Å². The predicted octanol–water partition coefficient (Wildman–Crippen LogP) is 2.05. The summed E-state index contributed by atoms with van der Waals surface area (Å²) in [6.07, 6.45) is 3.90. The third-order valence-electron chi connectivity index (χ3n) is 3.46. The minimum Gasteiger partial charge on any atom is -0.307 e. The lowest BCUT2D eigenvalue weighted by Gasteiger charge is -2.33. The van der Waals surface area contributed by atoms with Crippen molar-refractivity contribution in [3.8, 4) is 0 Å². The topological polar surface area (TPSA) is 64.0 Å². The van der Waals surface area contributed by atoms with E-state index in [0.29, 0.717) is 0 Å². The van der Waals surface area contributed by atoms with Gasteiger partial charge in [-0.1, -0.05) is 6.92 Å². The smallest absolute Gasteiger partial charge is 0.154 e. The molecule has 0 bridgehead atoms. The summed E-state index contributed by atoms with van der Waals surface area (Å²) >= 11 is 3.45. The first-order chi connectivity index (χ1) is 8.63. The number of hydrogen-bond acceptors (Lipinski definition) is 4. The van der Waals surface area contributed by atoms with Crippen LogP contribution in [0, 0.1) is 0 Å². The van der Waals surface area contributed by atoms with E-state index in [-0.39, 0.29) is 6.04 Å². The summed E-state index contributed by atoms with van der Waals surface area (Å²) in [7, 11) is -1.40. The summed E-state index contributed by atoms with van der Waals surface area (Å²) in [6, 6.07) is -0.315. The lowest BCUT2D eigenvalue weighted by atomic mass is 9.99. The van der Waals surface area contributed by atoms with Crippen LogP contribution >= 0.6 is 15.9 Å². The molecule has 1 aromatic rings. The van der Waals surface area contributed by atoms with Gasteiger partial charge in [0.1, 0.15) is 0 Å². The Bertz CT molecular complexity index is 518. The number of sulfone groups is 1. The first kappa shape index (κ1) is 16.7. The molecule has 0 aromatic carbocycles. The van der Waals surface area contributed by atoms with Crippen LogP contribution in [0.3, 0.4) is 0 Å². The number of aromatic nitrogens is 2. The van der Waals surface area contributed by atoms with Gasteiger partial charge in [-0.2, -0.15) is 5.10 Å². The van der Waals surface area contributed by atoms with E-state index in [2.05, 4.69) is 33.3 Å². The second-order valence-corrected chi connectivity index (χ2v) is 8.71. The summed E-state index contributed by atoms with van der Waals surface area (Å²) in [5.41, 5.74) is 0.851. The number of rotatable bonds is 6. The number of hydrogen-bond donors (Lipinski definition) is 1. The van der Waals surface area contributed by atoms with Crippen LogP contribution < -0.4 is 5.32 Å². The number of nitrogens with one attached hydrogen (secondary N) is 1. The standard InChI is InChI=1S/C12H22BrN3O2S/c1-6-7-14-11(12(2,3)19(5,17)18)10-9(13)8-15-16(10)4/h8,11,14H,6-7H2,1-5H3. The van der Waals surface area contributed by atoms with Crippen molar-refractivity contribution in [1.82, 2.24) is 15.1 Å². The van der Waals surface area contributed by atoms with Gasteiger partial charge in [0.15, 0.2) is 9.84 Å². The van der Waals surface area contributed by atoms with Crippen LogP contribution in [0.5, 0.6) is 0 Å². The highest BCUT2D eigenvalue weighted by Gasteiger charge is 2.41. The molecule has 110 valence electrons. The minimum atomic E-state index is -3.22. The molecule has 1 heterocycles. The van der Waals surface area contributed by atoms with Crippen LogP contribution in [0.1, 0.15) is 38.9 Å². The van der Waals surface area contributed by atoms with Gasteiger partial charge in [-0.3, -0.25) is 4.68 Å². The molecule has 1 atom stereocenters. The van der Waals surface area contributed by atoms with Gasteiger partial charge in [-0.05, 0) is 42.7 Å². The normalized spacial score (nSPS) is 14.6. The van der Waals surface area contributed by atoms with E-state index in [4.69, 9.17) is 0 Å². The molecule has 1 N–H and O–H groups in total. The van der Waals surface area contributed by atoms with Crippen molar-refractivity contribution in [2.45, 2.75) is 38.0 Å². The molecule has 0 saturated carbocycles. The van der Waals surface area contributed by atoms with Gasteiger partial charge < -0.3 is 5.32 Å². The molecule has 19 heavy (non-hydrogen) atoms. The summed E-state index contributed by atoms with van der Waals surface area (Å²) in [5.74, 6) is 0. The SMILES string of the molecule is CCCNC(c1c(Br)cnn1C)C(C)(C)S(C)(=O)=O. The molecule has 0 saturated heterocycles. The van der Waals surface area contributed by atoms with Gasteiger partial charge >= 0.3 is 0 Å². The maximum atomic E-state index is 12.1. The Balaban J connectivity index is 3.31. The second kappa shape index (κ2) is 5.93. The zero-order valence-electron chi connectivity index (χ0n) is 12.1. The fourth-order valence-electron chi connectivity index (χ4n) is 1.92. The summed E-state index contributed by atoms with van der Waals surface area (Å²) in [5, 5.41) is 7.51. The lowest BCUT2D eigenvalue weighted by Crippen LogP contribution is -2.46. The summed E-state index contributed by atoms with van der Waals surface area (Å²) in [4.78, 5) is 0. The van der Waals surface area contributed by atoms with Gasteiger partial charge in [-0.25, -0.2) is 8.42 Å². The van der Waals surface area contributed by atoms with Gasteiger partial charge in [0.2, 0.25) is 0 Å². The molecule has 0 spiro atoms. The van der Waals surface area contributed by atoms with Crippen molar-refractivity contribution >= 4 is 25.8 Å². The van der Waals surface area contributed by atoms with Gasteiger partial charge in [0.25, 0.3) is 0 Å².